The molecule has 2 rings (SSSR count). The van der Waals surface area contributed by atoms with E-state index in [9.17, 15) is 18.0 Å². The molecule has 1 aliphatic rings. The summed E-state index contributed by atoms with van der Waals surface area (Å²) in [5.74, 6) is -0.0585. The maximum absolute atomic E-state index is 13.1. The Kier molecular flexibility index (Phi) is 6.27. The number of hydrogen-bond donors (Lipinski definition) is 0. The highest BCUT2D eigenvalue weighted by Crippen LogP contribution is 2.33. The highest BCUT2D eigenvalue weighted by atomic mass is 19.4. The highest BCUT2D eigenvalue weighted by molar-refractivity contribution is 5.79. The smallest absolute Gasteiger partial charge is 0.381 e. The Morgan fingerprint density at radius 2 is 1.92 bits per heavy atom. The maximum Gasteiger partial charge on any atom is 0.416 e. The molecule has 0 saturated carbocycles. The highest BCUT2D eigenvalue weighted by Gasteiger charge is 2.34. The number of nitrogens with zero attached hydrogens (tertiary/aromatic N) is 1. The number of ether oxygens (including phenoxy) is 1. The number of hydrogen-bond acceptors (Lipinski definition) is 2. The SMILES string of the molecule is CCN(C(=O)C1CCOCC1)[C@H](C)Cc1ccccc1C(F)(F)F. The molecule has 1 saturated heterocycles. The quantitative estimate of drug-likeness (QED) is 0.811. The summed E-state index contributed by atoms with van der Waals surface area (Å²) in [6.45, 7) is 5.31. The van der Waals surface area contributed by atoms with Crippen molar-refractivity contribution in [2.24, 2.45) is 5.92 Å². The molecule has 0 radical (unpaired) electrons. The van der Waals surface area contributed by atoms with Gasteiger partial charge in [0, 0.05) is 31.7 Å². The van der Waals surface area contributed by atoms with Gasteiger partial charge in [-0.1, -0.05) is 18.2 Å². The van der Waals surface area contributed by atoms with Crippen LogP contribution in [-0.4, -0.2) is 36.6 Å². The van der Waals surface area contributed by atoms with Crippen LogP contribution in [0.4, 0.5) is 13.2 Å². The predicted octanol–water partition coefficient (Wildman–Crippen LogP) is 3.91. The first-order valence-corrected chi connectivity index (χ1v) is 8.38. The fraction of sp³-hybridized carbons (Fsp3) is 0.611. The van der Waals surface area contributed by atoms with Gasteiger partial charge in [-0.25, -0.2) is 0 Å². The molecule has 3 nitrogen and oxygen atoms in total. The summed E-state index contributed by atoms with van der Waals surface area (Å²) in [5, 5.41) is 0. The van der Waals surface area contributed by atoms with Gasteiger partial charge < -0.3 is 9.64 Å². The Hall–Kier alpha value is -1.56. The van der Waals surface area contributed by atoms with E-state index in [-0.39, 0.29) is 29.9 Å². The summed E-state index contributed by atoms with van der Waals surface area (Å²) < 4.78 is 44.7. The Morgan fingerprint density at radius 3 is 2.50 bits per heavy atom. The molecule has 1 fully saturated rings. The molecule has 1 amide bonds. The molecule has 0 bridgehead atoms. The second kappa shape index (κ2) is 8.01. The molecule has 0 unspecified atom stereocenters. The van der Waals surface area contributed by atoms with Gasteiger partial charge in [-0.15, -0.1) is 0 Å². The fourth-order valence-electron chi connectivity index (χ4n) is 3.27. The lowest BCUT2D eigenvalue weighted by molar-refractivity contribution is -0.140. The summed E-state index contributed by atoms with van der Waals surface area (Å²) >= 11 is 0. The molecule has 1 aromatic rings. The van der Waals surface area contributed by atoms with Crippen LogP contribution < -0.4 is 0 Å². The average Bonchev–Trinajstić information content (AvgIpc) is 2.55. The third-order valence-electron chi connectivity index (χ3n) is 4.56. The summed E-state index contributed by atoms with van der Waals surface area (Å²) in [7, 11) is 0. The first kappa shape index (κ1) is 18.8. The van der Waals surface area contributed by atoms with E-state index < -0.39 is 11.7 Å². The molecule has 134 valence electrons. The molecule has 0 spiro atoms. The lowest BCUT2D eigenvalue weighted by Crippen LogP contribution is -2.44. The van der Waals surface area contributed by atoms with Crippen LogP contribution >= 0.6 is 0 Å². The van der Waals surface area contributed by atoms with Crippen LogP contribution in [0, 0.1) is 5.92 Å². The van der Waals surface area contributed by atoms with Crippen molar-refractivity contribution in [3.63, 3.8) is 0 Å². The third kappa shape index (κ3) is 4.50. The number of amides is 1. The number of benzene rings is 1. The molecular formula is C18H24F3NO2. The minimum atomic E-state index is -4.38. The van der Waals surface area contributed by atoms with Crippen molar-refractivity contribution >= 4 is 5.91 Å². The predicted molar refractivity (Wildman–Crippen MR) is 85.5 cm³/mol. The molecule has 0 aromatic heterocycles. The van der Waals surface area contributed by atoms with Crippen molar-refractivity contribution in [3.8, 4) is 0 Å². The number of halogens is 3. The van der Waals surface area contributed by atoms with Crippen LogP contribution in [-0.2, 0) is 22.1 Å². The Bertz CT molecular complexity index is 553. The van der Waals surface area contributed by atoms with E-state index in [1.54, 1.807) is 11.0 Å². The van der Waals surface area contributed by atoms with E-state index in [4.69, 9.17) is 4.74 Å². The van der Waals surface area contributed by atoms with Crippen LogP contribution in [0.5, 0.6) is 0 Å². The minimum absolute atomic E-state index is 0.0257. The summed E-state index contributed by atoms with van der Waals surface area (Å²) in [4.78, 5) is 14.4. The van der Waals surface area contributed by atoms with E-state index >= 15 is 0 Å². The topological polar surface area (TPSA) is 29.5 Å². The fourth-order valence-corrected chi connectivity index (χ4v) is 3.27. The number of carbonyl (C=O) groups is 1. The monoisotopic (exact) mass is 343 g/mol. The summed E-state index contributed by atoms with van der Waals surface area (Å²) in [6, 6.07) is 5.30. The second-order valence-corrected chi connectivity index (χ2v) is 6.22. The van der Waals surface area contributed by atoms with Gasteiger partial charge in [0.2, 0.25) is 5.91 Å². The van der Waals surface area contributed by atoms with E-state index in [0.717, 1.165) is 6.07 Å². The van der Waals surface area contributed by atoms with Gasteiger partial charge >= 0.3 is 6.18 Å². The largest absolute Gasteiger partial charge is 0.416 e. The lowest BCUT2D eigenvalue weighted by Gasteiger charge is -2.33. The van der Waals surface area contributed by atoms with Crippen molar-refractivity contribution in [1.29, 1.82) is 0 Å². The van der Waals surface area contributed by atoms with E-state index in [1.165, 1.54) is 12.1 Å². The standard InChI is InChI=1S/C18H24F3NO2/c1-3-22(17(23)14-8-10-24-11-9-14)13(2)12-15-6-4-5-7-16(15)18(19,20)21/h4-7,13-14H,3,8-12H2,1-2H3/t13-/m1/s1. The molecule has 6 heteroatoms. The number of alkyl halides is 3. The van der Waals surface area contributed by atoms with Gasteiger partial charge in [0.1, 0.15) is 0 Å². The van der Waals surface area contributed by atoms with Crippen molar-refractivity contribution in [3.05, 3.63) is 35.4 Å². The zero-order valence-corrected chi connectivity index (χ0v) is 14.1. The van der Waals surface area contributed by atoms with Gasteiger partial charge in [0.15, 0.2) is 0 Å². The van der Waals surface area contributed by atoms with Crippen LogP contribution in [0.2, 0.25) is 0 Å². The van der Waals surface area contributed by atoms with Crippen LogP contribution in [0.1, 0.15) is 37.8 Å². The first-order valence-electron chi connectivity index (χ1n) is 8.38. The van der Waals surface area contributed by atoms with E-state index in [2.05, 4.69) is 0 Å². The van der Waals surface area contributed by atoms with Gasteiger partial charge in [-0.2, -0.15) is 13.2 Å². The molecule has 1 aromatic carbocycles. The normalized spacial score (nSPS) is 17.5. The van der Waals surface area contributed by atoms with Gasteiger partial charge in [-0.05, 0) is 44.7 Å². The Labute approximate surface area is 140 Å². The molecule has 1 heterocycles. The molecular weight excluding hydrogens is 319 g/mol. The number of likely N-dealkylation sites (N-methyl/N-ethyl adjacent to an activating group) is 1. The molecule has 1 atom stereocenters. The molecule has 1 aliphatic heterocycles. The number of rotatable bonds is 5. The molecule has 0 N–H and O–H groups in total. The van der Waals surface area contributed by atoms with Crippen LogP contribution in [0.3, 0.4) is 0 Å². The first-order chi connectivity index (χ1) is 11.3. The second-order valence-electron chi connectivity index (χ2n) is 6.22. The van der Waals surface area contributed by atoms with Crippen LogP contribution in [0.15, 0.2) is 24.3 Å². The minimum Gasteiger partial charge on any atom is -0.381 e. The molecule has 24 heavy (non-hydrogen) atoms. The van der Waals surface area contributed by atoms with E-state index in [0.29, 0.717) is 32.6 Å². The summed E-state index contributed by atoms with van der Waals surface area (Å²) in [5.41, 5.74) is -0.387. The third-order valence-corrected chi connectivity index (χ3v) is 4.56. The Morgan fingerprint density at radius 1 is 1.29 bits per heavy atom. The van der Waals surface area contributed by atoms with Crippen molar-refractivity contribution < 1.29 is 22.7 Å². The lowest BCUT2D eigenvalue weighted by atomic mass is 9.95. The average molecular weight is 343 g/mol. The number of carbonyl (C=O) groups excluding carboxylic acids is 1. The van der Waals surface area contributed by atoms with Crippen LogP contribution in [0.25, 0.3) is 0 Å². The van der Waals surface area contributed by atoms with Crippen molar-refractivity contribution in [2.75, 3.05) is 19.8 Å². The zero-order valence-electron chi connectivity index (χ0n) is 14.1. The Balaban J connectivity index is 2.12. The van der Waals surface area contributed by atoms with Gasteiger partial charge in [-0.3, -0.25) is 4.79 Å². The van der Waals surface area contributed by atoms with Crippen molar-refractivity contribution in [2.45, 2.75) is 45.3 Å². The van der Waals surface area contributed by atoms with Crippen molar-refractivity contribution in [1.82, 2.24) is 4.90 Å². The summed E-state index contributed by atoms with van der Waals surface area (Å²) in [6.07, 6.45) is -2.82. The maximum atomic E-state index is 13.1. The van der Waals surface area contributed by atoms with E-state index in [1.807, 2.05) is 13.8 Å². The van der Waals surface area contributed by atoms with Gasteiger partial charge in [0.25, 0.3) is 0 Å². The zero-order chi connectivity index (χ0) is 17.7. The van der Waals surface area contributed by atoms with Gasteiger partial charge in [0.05, 0.1) is 5.56 Å². The molecule has 0 aliphatic carbocycles.